The van der Waals surface area contributed by atoms with Gasteiger partial charge in [0.2, 0.25) is 0 Å². The largest absolute Gasteiger partial charge is 0.247 e. The molecule has 0 saturated heterocycles. The van der Waals surface area contributed by atoms with Crippen LogP contribution in [0.25, 0.3) is 32.6 Å². The molecule has 21 heavy (non-hydrogen) atoms. The van der Waals surface area contributed by atoms with E-state index < -0.39 is 0 Å². The Labute approximate surface area is 124 Å². The summed E-state index contributed by atoms with van der Waals surface area (Å²) in [6.45, 7) is 6.52. The second-order valence-electron chi connectivity index (χ2n) is 5.90. The van der Waals surface area contributed by atoms with Gasteiger partial charge in [-0.1, -0.05) is 42.5 Å². The molecule has 4 rings (SSSR count). The summed E-state index contributed by atoms with van der Waals surface area (Å²) in [7, 11) is 0. The van der Waals surface area contributed by atoms with E-state index in [9.17, 15) is 0 Å². The van der Waals surface area contributed by atoms with E-state index in [-0.39, 0.29) is 0 Å². The maximum Gasteiger partial charge on any atom is 0.0790 e. The lowest BCUT2D eigenvalue weighted by atomic mass is 9.96. The first-order chi connectivity index (χ1) is 10.1. The van der Waals surface area contributed by atoms with Gasteiger partial charge in [0, 0.05) is 16.2 Å². The molecule has 1 heterocycles. The molecular formula is C20H17N. The van der Waals surface area contributed by atoms with Crippen molar-refractivity contribution in [2.24, 2.45) is 0 Å². The first-order valence-electron chi connectivity index (χ1n) is 7.34. The van der Waals surface area contributed by atoms with Gasteiger partial charge in [-0.25, -0.2) is 4.98 Å². The molecule has 102 valence electrons. The first kappa shape index (κ1) is 12.3. The molecule has 0 amide bonds. The minimum absolute atomic E-state index is 1.11. The van der Waals surface area contributed by atoms with E-state index in [0.29, 0.717) is 0 Å². The third-order valence-corrected chi connectivity index (χ3v) is 4.37. The number of aromatic nitrogens is 1. The Hall–Kier alpha value is -2.41. The quantitative estimate of drug-likeness (QED) is 0.305. The third-order valence-electron chi connectivity index (χ3n) is 4.37. The minimum atomic E-state index is 1.11. The van der Waals surface area contributed by atoms with Crippen molar-refractivity contribution in [1.82, 2.24) is 4.98 Å². The highest BCUT2D eigenvalue weighted by atomic mass is 14.7. The van der Waals surface area contributed by atoms with Crippen molar-refractivity contribution in [2.75, 3.05) is 0 Å². The van der Waals surface area contributed by atoms with Crippen LogP contribution in [0.15, 0.2) is 48.5 Å². The molecule has 3 aromatic carbocycles. The lowest BCUT2D eigenvalue weighted by Gasteiger charge is -2.12. The van der Waals surface area contributed by atoms with Crippen LogP contribution in [0.2, 0.25) is 0 Å². The van der Waals surface area contributed by atoms with Crippen molar-refractivity contribution in [3.8, 4) is 0 Å². The van der Waals surface area contributed by atoms with Crippen molar-refractivity contribution in [1.29, 1.82) is 0 Å². The molecule has 1 aromatic heterocycles. The standard InChI is InChI=1S/C20H17N/c1-12-10-13(2)19-14(3)16-9-8-15-6-4-5-7-17(15)20(16)21-18(19)11-12/h4-11H,1-3H3. The highest BCUT2D eigenvalue weighted by Gasteiger charge is 2.10. The van der Waals surface area contributed by atoms with Crippen LogP contribution in [0.1, 0.15) is 16.7 Å². The lowest BCUT2D eigenvalue weighted by molar-refractivity contribution is 1.37. The molecule has 0 fully saturated rings. The van der Waals surface area contributed by atoms with Gasteiger partial charge in [-0.05, 0) is 48.9 Å². The van der Waals surface area contributed by atoms with E-state index in [1.807, 2.05) is 0 Å². The fourth-order valence-electron chi connectivity index (χ4n) is 3.45. The van der Waals surface area contributed by atoms with Gasteiger partial charge >= 0.3 is 0 Å². The predicted octanol–water partition coefficient (Wildman–Crippen LogP) is 5.47. The molecule has 0 unspecified atom stereocenters. The summed E-state index contributed by atoms with van der Waals surface area (Å²) in [4.78, 5) is 4.99. The van der Waals surface area contributed by atoms with Crippen molar-refractivity contribution in [3.63, 3.8) is 0 Å². The minimum Gasteiger partial charge on any atom is -0.247 e. The number of fused-ring (bicyclic) bond motifs is 4. The van der Waals surface area contributed by atoms with Gasteiger partial charge in [0.25, 0.3) is 0 Å². The van der Waals surface area contributed by atoms with Gasteiger partial charge in [-0.15, -0.1) is 0 Å². The first-order valence-corrected chi connectivity index (χ1v) is 7.34. The second-order valence-corrected chi connectivity index (χ2v) is 5.90. The number of pyridine rings is 1. The Morgan fingerprint density at radius 3 is 2.48 bits per heavy atom. The summed E-state index contributed by atoms with van der Waals surface area (Å²) < 4.78 is 0. The van der Waals surface area contributed by atoms with Crippen LogP contribution in [0, 0.1) is 20.8 Å². The van der Waals surface area contributed by atoms with E-state index in [4.69, 9.17) is 4.98 Å². The highest BCUT2D eigenvalue weighted by Crippen LogP contribution is 2.32. The van der Waals surface area contributed by atoms with Crippen LogP contribution in [0.5, 0.6) is 0 Å². The normalized spacial score (nSPS) is 11.6. The van der Waals surface area contributed by atoms with Crippen LogP contribution in [-0.4, -0.2) is 4.98 Å². The molecule has 0 radical (unpaired) electrons. The number of nitrogens with zero attached hydrogens (tertiary/aromatic N) is 1. The Morgan fingerprint density at radius 1 is 0.810 bits per heavy atom. The maximum absolute atomic E-state index is 4.99. The van der Waals surface area contributed by atoms with Gasteiger partial charge in [0.15, 0.2) is 0 Å². The molecule has 4 aromatic rings. The molecular weight excluding hydrogens is 254 g/mol. The fourth-order valence-corrected chi connectivity index (χ4v) is 3.45. The van der Waals surface area contributed by atoms with Crippen molar-refractivity contribution >= 4 is 32.6 Å². The summed E-state index contributed by atoms with van der Waals surface area (Å²) in [5, 5.41) is 5.04. The molecule has 0 saturated carbocycles. The van der Waals surface area contributed by atoms with Crippen molar-refractivity contribution in [3.05, 3.63) is 65.2 Å². The molecule has 0 aliphatic rings. The van der Waals surface area contributed by atoms with Crippen LogP contribution >= 0.6 is 0 Å². The Balaban J connectivity index is 2.30. The molecule has 0 bridgehead atoms. The molecule has 0 N–H and O–H groups in total. The summed E-state index contributed by atoms with van der Waals surface area (Å²) >= 11 is 0. The number of rotatable bonds is 0. The fraction of sp³-hybridized carbons (Fsp3) is 0.150. The molecule has 0 aliphatic heterocycles. The van der Waals surface area contributed by atoms with Gasteiger partial charge < -0.3 is 0 Å². The van der Waals surface area contributed by atoms with E-state index in [0.717, 1.165) is 11.0 Å². The van der Waals surface area contributed by atoms with Crippen LogP contribution in [-0.2, 0) is 0 Å². The maximum atomic E-state index is 4.99. The average molecular weight is 271 g/mol. The summed E-state index contributed by atoms with van der Waals surface area (Å²) in [6.07, 6.45) is 0. The zero-order chi connectivity index (χ0) is 14.6. The van der Waals surface area contributed by atoms with Crippen molar-refractivity contribution in [2.45, 2.75) is 20.8 Å². The van der Waals surface area contributed by atoms with E-state index in [2.05, 4.69) is 69.3 Å². The molecule has 1 heteroatoms. The lowest BCUT2D eigenvalue weighted by Crippen LogP contribution is -1.92. The van der Waals surface area contributed by atoms with Crippen LogP contribution in [0.4, 0.5) is 0 Å². The molecule has 0 spiro atoms. The van der Waals surface area contributed by atoms with Crippen LogP contribution in [0.3, 0.4) is 0 Å². The molecule has 0 aliphatic carbocycles. The van der Waals surface area contributed by atoms with Crippen LogP contribution < -0.4 is 0 Å². The zero-order valence-corrected chi connectivity index (χ0v) is 12.6. The number of aryl methyl sites for hydroxylation is 3. The molecule has 1 nitrogen and oxygen atoms in total. The number of benzene rings is 3. The van der Waals surface area contributed by atoms with Gasteiger partial charge in [0.1, 0.15) is 0 Å². The Bertz CT molecular complexity index is 1010. The predicted molar refractivity (Wildman–Crippen MR) is 91.0 cm³/mol. The summed E-state index contributed by atoms with van der Waals surface area (Å²) in [5.41, 5.74) is 6.13. The zero-order valence-electron chi connectivity index (χ0n) is 12.6. The average Bonchev–Trinajstić information content (AvgIpc) is 2.46. The highest BCUT2D eigenvalue weighted by molar-refractivity contribution is 6.10. The SMILES string of the molecule is Cc1cc(C)c2c(C)c3ccc4ccccc4c3nc2c1. The van der Waals surface area contributed by atoms with E-state index in [1.165, 1.54) is 38.2 Å². The Morgan fingerprint density at radius 2 is 1.62 bits per heavy atom. The Kier molecular flexibility index (Phi) is 2.52. The summed E-state index contributed by atoms with van der Waals surface area (Å²) in [5.74, 6) is 0. The third kappa shape index (κ3) is 1.74. The van der Waals surface area contributed by atoms with Gasteiger partial charge in [0.05, 0.1) is 11.0 Å². The molecule has 0 atom stereocenters. The second kappa shape index (κ2) is 4.29. The number of hydrogen-bond acceptors (Lipinski definition) is 1. The van der Waals surface area contributed by atoms with E-state index in [1.54, 1.807) is 0 Å². The van der Waals surface area contributed by atoms with Crippen molar-refractivity contribution < 1.29 is 0 Å². The van der Waals surface area contributed by atoms with E-state index >= 15 is 0 Å². The van der Waals surface area contributed by atoms with Gasteiger partial charge in [-0.2, -0.15) is 0 Å². The topological polar surface area (TPSA) is 12.9 Å². The smallest absolute Gasteiger partial charge is 0.0790 e. The summed E-state index contributed by atoms with van der Waals surface area (Å²) in [6, 6.07) is 17.3. The monoisotopic (exact) mass is 271 g/mol. The number of hydrogen-bond donors (Lipinski definition) is 0. The van der Waals surface area contributed by atoms with Gasteiger partial charge in [-0.3, -0.25) is 0 Å².